The van der Waals surface area contributed by atoms with Gasteiger partial charge in [-0.15, -0.1) is 0 Å². The summed E-state index contributed by atoms with van der Waals surface area (Å²) in [5.74, 6) is -0.422. The molecule has 0 spiro atoms. The van der Waals surface area contributed by atoms with E-state index in [-0.39, 0.29) is 6.09 Å². The van der Waals surface area contributed by atoms with Gasteiger partial charge in [-0.1, -0.05) is 36.4 Å². The lowest BCUT2D eigenvalue weighted by Gasteiger charge is -2.37. The molecule has 0 radical (unpaired) electrons. The van der Waals surface area contributed by atoms with E-state index in [0.29, 0.717) is 50.5 Å². The van der Waals surface area contributed by atoms with E-state index in [0.717, 1.165) is 11.1 Å². The second-order valence-corrected chi connectivity index (χ2v) is 8.59. The lowest BCUT2D eigenvalue weighted by molar-refractivity contribution is 0.0240. The van der Waals surface area contributed by atoms with Gasteiger partial charge in [0, 0.05) is 39.3 Å². The van der Waals surface area contributed by atoms with Crippen LogP contribution in [0.15, 0.2) is 42.5 Å². The Hall–Kier alpha value is -3.11. The summed E-state index contributed by atoms with van der Waals surface area (Å²) in [6.45, 7) is 8.30. The number of benzene rings is 2. The highest BCUT2D eigenvalue weighted by Gasteiger charge is 2.28. The van der Waals surface area contributed by atoms with Crippen LogP contribution in [0.1, 0.15) is 37.5 Å². The minimum absolute atomic E-state index is 0.311. The van der Waals surface area contributed by atoms with Crippen LogP contribution in [-0.2, 0) is 17.8 Å². The summed E-state index contributed by atoms with van der Waals surface area (Å²) < 4.78 is 20.2. The van der Waals surface area contributed by atoms with E-state index < -0.39 is 11.4 Å². The third kappa shape index (κ3) is 5.96. The topological polar surface area (TPSA) is 68.6 Å². The summed E-state index contributed by atoms with van der Waals surface area (Å²) >= 11 is 0. The number of piperazine rings is 1. The number of amides is 1. The first kappa shape index (κ1) is 22.6. The Bertz CT molecular complexity index is 943. The molecular formula is C24H29FN4O2. The molecule has 31 heavy (non-hydrogen) atoms. The molecule has 1 saturated heterocycles. The molecule has 0 saturated carbocycles. The zero-order valence-electron chi connectivity index (χ0n) is 18.3. The van der Waals surface area contributed by atoms with Crippen molar-refractivity contribution in [1.82, 2.24) is 10.2 Å². The molecule has 0 unspecified atom stereocenters. The van der Waals surface area contributed by atoms with Crippen molar-refractivity contribution in [1.29, 1.82) is 5.26 Å². The number of halogens is 1. The van der Waals surface area contributed by atoms with Crippen molar-refractivity contribution in [3.8, 4) is 6.07 Å². The fourth-order valence-corrected chi connectivity index (χ4v) is 3.57. The minimum Gasteiger partial charge on any atom is -0.444 e. The van der Waals surface area contributed by atoms with Gasteiger partial charge in [0.25, 0.3) is 0 Å². The minimum atomic E-state index is -0.560. The van der Waals surface area contributed by atoms with Crippen molar-refractivity contribution in [2.45, 2.75) is 39.5 Å². The van der Waals surface area contributed by atoms with Gasteiger partial charge in [-0.05, 0) is 38.0 Å². The number of nitrogens with one attached hydrogen (secondary N) is 1. The summed E-state index contributed by atoms with van der Waals surface area (Å²) in [7, 11) is 0. The van der Waals surface area contributed by atoms with Crippen LogP contribution in [0.5, 0.6) is 0 Å². The molecule has 1 amide bonds. The predicted molar refractivity (Wildman–Crippen MR) is 118 cm³/mol. The number of rotatable bonds is 5. The van der Waals surface area contributed by atoms with Gasteiger partial charge in [-0.2, -0.15) is 5.26 Å². The maximum Gasteiger partial charge on any atom is 0.410 e. The van der Waals surface area contributed by atoms with Crippen molar-refractivity contribution < 1.29 is 13.9 Å². The second kappa shape index (κ2) is 9.80. The smallest absolute Gasteiger partial charge is 0.410 e. The van der Waals surface area contributed by atoms with Gasteiger partial charge in [0.05, 0.1) is 11.3 Å². The molecule has 0 atom stereocenters. The van der Waals surface area contributed by atoms with Crippen LogP contribution < -0.4 is 10.2 Å². The molecule has 1 aliphatic rings. The van der Waals surface area contributed by atoms with Crippen LogP contribution in [0.25, 0.3) is 0 Å². The highest BCUT2D eigenvalue weighted by molar-refractivity contribution is 5.69. The van der Waals surface area contributed by atoms with Crippen LogP contribution in [-0.4, -0.2) is 42.8 Å². The van der Waals surface area contributed by atoms with Gasteiger partial charge in [0.2, 0.25) is 0 Å². The summed E-state index contributed by atoms with van der Waals surface area (Å²) in [5, 5.41) is 13.1. The number of hydrogen-bond acceptors (Lipinski definition) is 5. The maximum absolute atomic E-state index is 14.7. The first-order valence-corrected chi connectivity index (χ1v) is 10.5. The standard InChI is InChI=1S/C24H29FN4O2/c1-24(2,3)31-23(30)29-13-11-28(12-14-29)22-20(15-26)19(9-10-21(22)25)17-27-16-18-7-5-4-6-8-18/h4-10,27H,11-14,16-17H2,1-3H3. The first-order chi connectivity index (χ1) is 14.8. The number of hydrogen-bond donors (Lipinski definition) is 1. The van der Waals surface area contributed by atoms with E-state index in [4.69, 9.17) is 4.74 Å². The highest BCUT2D eigenvalue weighted by Crippen LogP contribution is 2.28. The molecule has 1 fully saturated rings. The molecule has 2 aromatic carbocycles. The van der Waals surface area contributed by atoms with E-state index in [1.807, 2.05) is 56.0 Å². The summed E-state index contributed by atoms with van der Waals surface area (Å²) in [4.78, 5) is 15.8. The Morgan fingerprint density at radius 1 is 1.10 bits per heavy atom. The first-order valence-electron chi connectivity index (χ1n) is 10.5. The average Bonchev–Trinajstić information content (AvgIpc) is 2.74. The predicted octanol–water partition coefficient (Wildman–Crippen LogP) is 4.04. The number of anilines is 1. The van der Waals surface area contributed by atoms with Crippen LogP contribution in [0, 0.1) is 17.1 Å². The molecule has 1 aliphatic heterocycles. The van der Waals surface area contributed by atoms with Crippen LogP contribution in [0.3, 0.4) is 0 Å². The van der Waals surface area contributed by atoms with Gasteiger partial charge < -0.3 is 19.9 Å². The zero-order chi connectivity index (χ0) is 22.4. The third-order valence-electron chi connectivity index (χ3n) is 5.06. The lowest BCUT2D eigenvalue weighted by Crippen LogP contribution is -2.50. The van der Waals surface area contributed by atoms with Crippen LogP contribution >= 0.6 is 0 Å². The van der Waals surface area contributed by atoms with E-state index in [2.05, 4.69) is 11.4 Å². The molecule has 0 aromatic heterocycles. The molecule has 0 bridgehead atoms. The quantitative estimate of drug-likeness (QED) is 0.784. The summed E-state index contributed by atoms with van der Waals surface area (Å²) in [6.07, 6.45) is -0.369. The number of nitriles is 1. The van der Waals surface area contributed by atoms with Crippen molar-refractivity contribution in [3.05, 3.63) is 65.0 Å². The number of carbonyl (C=O) groups excluding carboxylic acids is 1. The van der Waals surface area contributed by atoms with Crippen molar-refractivity contribution >= 4 is 11.8 Å². The van der Waals surface area contributed by atoms with Gasteiger partial charge in [0.1, 0.15) is 17.5 Å². The fourth-order valence-electron chi connectivity index (χ4n) is 3.57. The number of nitrogens with zero attached hydrogens (tertiary/aromatic N) is 3. The van der Waals surface area contributed by atoms with Crippen molar-refractivity contribution in [3.63, 3.8) is 0 Å². The Labute approximate surface area is 183 Å². The van der Waals surface area contributed by atoms with E-state index >= 15 is 0 Å². The molecule has 7 heteroatoms. The van der Waals surface area contributed by atoms with E-state index in [1.165, 1.54) is 6.07 Å². The van der Waals surface area contributed by atoms with Gasteiger partial charge in [-0.25, -0.2) is 9.18 Å². The molecule has 1 heterocycles. The molecule has 164 valence electrons. The second-order valence-electron chi connectivity index (χ2n) is 8.59. The molecule has 3 rings (SSSR count). The monoisotopic (exact) mass is 424 g/mol. The molecular weight excluding hydrogens is 395 g/mol. The van der Waals surface area contributed by atoms with E-state index in [9.17, 15) is 14.4 Å². The van der Waals surface area contributed by atoms with Gasteiger partial charge in [-0.3, -0.25) is 0 Å². The molecule has 6 nitrogen and oxygen atoms in total. The largest absolute Gasteiger partial charge is 0.444 e. The fraction of sp³-hybridized carbons (Fsp3) is 0.417. The third-order valence-corrected chi connectivity index (χ3v) is 5.06. The van der Waals surface area contributed by atoms with Crippen molar-refractivity contribution in [2.75, 3.05) is 31.1 Å². The lowest BCUT2D eigenvalue weighted by atomic mass is 10.0. The van der Waals surface area contributed by atoms with Gasteiger partial charge in [0.15, 0.2) is 0 Å². The molecule has 1 N–H and O–H groups in total. The SMILES string of the molecule is CC(C)(C)OC(=O)N1CCN(c2c(F)ccc(CNCc3ccccc3)c2C#N)CC1. The molecule has 2 aromatic rings. The van der Waals surface area contributed by atoms with E-state index in [1.54, 1.807) is 11.0 Å². The maximum atomic E-state index is 14.7. The molecule has 0 aliphatic carbocycles. The van der Waals surface area contributed by atoms with Crippen LogP contribution in [0.2, 0.25) is 0 Å². The number of ether oxygens (including phenoxy) is 1. The van der Waals surface area contributed by atoms with Crippen LogP contribution in [0.4, 0.5) is 14.9 Å². The summed E-state index contributed by atoms with van der Waals surface area (Å²) in [6, 6.07) is 15.2. The highest BCUT2D eigenvalue weighted by atomic mass is 19.1. The Morgan fingerprint density at radius 2 is 1.77 bits per heavy atom. The normalized spacial score (nSPS) is 14.3. The number of carbonyl (C=O) groups is 1. The average molecular weight is 425 g/mol. The Balaban J connectivity index is 1.68. The van der Waals surface area contributed by atoms with Crippen molar-refractivity contribution in [2.24, 2.45) is 0 Å². The van der Waals surface area contributed by atoms with Gasteiger partial charge >= 0.3 is 6.09 Å². The Kier molecular flexibility index (Phi) is 7.13. The Morgan fingerprint density at radius 3 is 2.39 bits per heavy atom. The zero-order valence-corrected chi connectivity index (χ0v) is 18.3. The summed E-state index contributed by atoms with van der Waals surface area (Å²) in [5.41, 5.74) is 1.98.